The fourth-order valence-corrected chi connectivity index (χ4v) is 5.36. The number of aromatic nitrogens is 2. The van der Waals surface area contributed by atoms with Crippen molar-refractivity contribution in [3.63, 3.8) is 0 Å². The Morgan fingerprint density at radius 3 is 2.19 bits per heavy atom. The van der Waals surface area contributed by atoms with Gasteiger partial charge >= 0.3 is 25.1 Å². The molecule has 2 atom stereocenters. The van der Waals surface area contributed by atoms with E-state index in [0.717, 1.165) is 16.9 Å². The molecular formula is C26H34F8N6O6S. The molecule has 0 aliphatic heterocycles. The maximum absolute atomic E-state index is 14.1. The van der Waals surface area contributed by atoms with Gasteiger partial charge in [-0.25, -0.2) is 13.2 Å². The standard InChI is InChI=1S/C26H34F8N6O6S/c1-7-39-13-18(19(38-39)45-21(27)28)47(43,44)40(12-14(2)11-36-20(41)24(6,35)26(32,33)34)17-10-16(9-8-15(17)3)37-22(42)46-23(4,5)25(29,30)31/h8-10,13-14,21H,7,11-12,35H2,1-6H3,(H,36,41)(H,37,42)/t14-,24?/m0/s1. The number of carbonyl (C=O) groups excluding carboxylic acids is 2. The van der Waals surface area contributed by atoms with Gasteiger partial charge in [-0.2, -0.15) is 35.1 Å². The monoisotopic (exact) mass is 710 g/mol. The fraction of sp³-hybridized carbons (Fsp3) is 0.577. The van der Waals surface area contributed by atoms with Crippen LogP contribution < -0.4 is 25.4 Å². The third-order valence-corrected chi connectivity index (χ3v) is 8.45. The molecule has 47 heavy (non-hydrogen) atoms. The van der Waals surface area contributed by atoms with E-state index in [9.17, 15) is 53.1 Å². The molecular weight excluding hydrogens is 676 g/mol. The molecule has 0 fully saturated rings. The molecule has 2 rings (SSSR count). The van der Waals surface area contributed by atoms with Gasteiger partial charge in [0.05, 0.1) is 5.69 Å². The number of halogens is 8. The van der Waals surface area contributed by atoms with Crippen LogP contribution in [0.25, 0.3) is 0 Å². The van der Waals surface area contributed by atoms with Crippen molar-refractivity contribution in [3.8, 4) is 5.88 Å². The second-order valence-electron chi connectivity index (χ2n) is 11.1. The van der Waals surface area contributed by atoms with Gasteiger partial charge in [0.2, 0.25) is 11.5 Å². The quantitative estimate of drug-likeness (QED) is 0.247. The van der Waals surface area contributed by atoms with Crippen LogP contribution in [0.4, 0.5) is 51.3 Å². The number of nitrogens with zero attached hydrogens (tertiary/aromatic N) is 3. The Labute approximate surface area is 264 Å². The number of anilines is 2. The lowest BCUT2D eigenvalue weighted by molar-refractivity contribution is -0.242. The van der Waals surface area contributed by atoms with Crippen molar-refractivity contribution in [1.29, 1.82) is 0 Å². The number of nitrogens with two attached hydrogens (primary N) is 1. The van der Waals surface area contributed by atoms with Crippen LogP contribution in [0, 0.1) is 12.8 Å². The minimum absolute atomic E-state index is 0.0173. The molecule has 4 N–H and O–H groups in total. The molecule has 0 aliphatic rings. The molecule has 0 bridgehead atoms. The molecule has 0 saturated heterocycles. The highest BCUT2D eigenvalue weighted by atomic mass is 32.2. The van der Waals surface area contributed by atoms with E-state index in [1.807, 2.05) is 5.32 Å². The number of aryl methyl sites for hydroxylation is 2. The van der Waals surface area contributed by atoms with Crippen molar-refractivity contribution < 1.29 is 62.6 Å². The highest BCUT2D eigenvalue weighted by Crippen LogP contribution is 2.36. The van der Waals surface area contributed by atoms with Gasteiger partial charge in [0.1, 0.15) is 0 Å². The van der Waals surface area contributed by atoms with E-state index < -0.39 is 81.9 Å². The summed E-state index contributed by atoms with van der Waals surface area (Å²) in [6.45, 7) is 1.22. The summed E-state index contributed by atoms with van der Waals surface area (Å²) in [7, 11) is -4.94. The van der Waals surface area contributed by atoms with Crippen molar-refractivity contribution in [2.24, 2.45) is 11.7 Å². The average molecular weight is 711 g/mol. The lowest BCUT2D eigenvalue weighted by atomic mass is 10.0. The third kappa shape index (κ3) is 9.36. The number of hydrogen-bond donors (Lipinski definition) is 3. The molecule has 1 unspecified atom stereocenters. The summed E-state index contributed by atoms with van der Waals surface area (Å²) >= 11 is 0. The summed E-state index contributed by atoms with van der Waals surface area (Å²) in [4.78, 5) is 23.7. The van der Waals surface area contributed by atoms with Crippen molar-refractivity contribution in [2.45, 2.75) is 83.1 Å². The molecule has 21 heteroatoms. The van der Waals surface area contributed by atoms with Gasteiger partial charge in [-0.05, 0) is 58.2 Å². The van der Waals surface area contributed by atoms with Crippen molar-refractivity contribution >= 4 is 33.4 Å². The van der Waals surface area contributed by atoms with Crippen LogP contribution in [0.5, 0.6) is 5.88 Å². The zero-order valence-electron chi connectivity index (χ0n) is 25.9. The first-order valence-corrected chi connectivity index (χ1v) is 15.0. The SMILES string of the molecule is CCn1cc(S(=O)(=O)N(C[C@@H](C)CNC(=O)C(C)(N)C(F)(F)F)c2cc(NC(=O)OC(C)(C)C(F)(F)F)ccc2C)c(OC(F)F)n1. The normalized spacial score (nSPS) is 14.7. The number of amides is 2. The number of nitrogens with one attached hydrogen (secondary N) is 2. The third-order valence-electron chi connectivity index (χ3n) is 6.69. The topological polar surface area (TPSA) is 158 Å². The maximum Gasteiger partial charge on any atom is 0.427 e. The highest BCUT2D eigenvalue weighted by molar-refractivity contribution is 7.93. The number of carbonyl (C=O) groups is 2. The number of hydrogen-bond acceptors (Lipinski definition) is 8. The molecule has 1 heterocycles. The van der Waals surface area contributed by atoms with Gasteiger partial charge in [-0.1, -0.05) is 13.0 Å². The average Bonchev–Trinajstić information content (AvgIpc) is 3.33. The van der Waals surface area contributed by atoms with E-state index in [4.69, 9.17) is 5.73 Å². The van der Waals surface area contributed by atoms with Gasteiger partial charge in [-0.3, -0.25) is 19.1 Å². The molecule has 1 aromatic carbocycles. The summed E-state index contributed by atoms with van der Waals surface area (Å²) in [5, 5.41) is 7.76. The summed E-state index contributed by atoms with van der Waals surface area (Å²) in [6.07, 6.45) is -10.7. The zero-order chi connectivity index (χ0) is 36.3. The van der Waals surface area contributed by atoms with Gasteiger partial charge < -0.3 is 20.5 Å². The molecule has 12 nitrogen and oxygen atoms in total. The Hall–Kier alpha value is -3.88. The predicted octanol–water partition coefficient (Wildman–Crippen LogP) is 4.93. The van der Waals surface area contributed by atoms with Crippen molar-refractivity contribution in [2.75, 3.05) is 22.7 Å². The lowest BCUT2D eigenvalue weighted by Gasteiger charge is -2.30. The van der Waals surface area contributed by atoms with E-state index in [1.54, 1.807) is 0 Å². The molecule has 1 aromatic heterocycles. The summed E-state index contributed by atoms with van der Waals surface area (Å²) in [5.41, 5.74) is -1.40. The number of ether oxygens (including phenoxy) is 2. The summed E-state index contributed by atoms with van der Waals surface area (Å²) < 4.78 is 144. The first-order chi connectivity index (χ1) is 21.2. The molecule has 2 aromatic rings. The number of rotatable bonds is 13. The van der Waals surface area contributed by atoms with Gasteiger partial charge in [0, 0.05) is 31.5 Å². The molecule has 266 valence electrons. The molecule has 2 amide bonds. The summed E-state index contributed by atoms with van der Waals surface area (Å²) in [5.74, 6) is -3.60. The van der Waals surface area contributed by atoms with E-state index in [1.165, 1.54) is 32.9 Å². The Kier molecular flexibility index (Phi) is 11.8. The smallest absolute Gasteiger partial charge is 0.427 e. The first kappa shape index (κ1) is 39.3. The van der Waals surface area contributed by atoms with Crippen molar-refractivity contribution in [3.05, 3.63) is 30.0 Å². The molecule has 0 aliphatic carbocycles. The minimum Gasteiger partial charge on any atom is -0.434 e. The second-order valence-corrected chi connectivity index (χ2v) is 12.9. The predicted molar refractivity (Wildman–Crippen MR) is 151 cm³/mol. The molecule has 0 radical (unpaired) electrons. The van der Waals surface area contributed by atoms with Crippen LogP contribution in [0.15, 0.2) is 29.3 Å². The van der Waals surface area contributed by atoms with Crippen LogP contribution in [0.3, 0.4) is 0 Å². The maximum atomic E-state index is 14.1. The molecule has 0 saturated carbocycles. The van der Waals surface area contributed by atoms with E-state index in [0.29, 0.717) is 25.1 Å². The highest BCUT2D eigenvalue weighted by Gasteiger charge is 2.54. The first-order valence-electron chi connectivity index (χ1n) is 13.6. The van der Waals surface area contributed by atoms with E-state index in [-0.39, 0.29) is 23.5 Å². The van der Waals surface area contributed by atoms with E-state index >= 15 is 0 Å². The largest absolute Gasteiger partial charge is 0.434 e. The Balaban J connectivity index is 2.59. The number of benzene rings is 1. The van der Waals surface area contributed by atoms with Crippen LogP contribution in [0.1, 0.15) is 40.2 Å². The van der Waals surface area contributed by atoms with Crippen molar-refractivity contribution in [1.82, 2.24) is 15.1 Å². The Morgan fingerprint density at radius 2 is 1.68 bits per heavy atom. The zero-order valence-corrected chi connectivity index (χ0v) is 26.7. The van der Waals surface area contributed by atoms with Gasteiger partial charge in [-0.15, -0.1) is 5.10 Å². The fourth-order valence-electron chi connectivity index (χ4n) is 3.65. The minimum atomic E-state index is -5.13. The van der Waals surface area contributed by atoms with Crippen LogP contribution in [-0.4, -0.2) is 73.4 Å². The van der Waals surface area contributed by atoms with E-state index in [2.05, 4.69) is 19.9 Å². The number of sulfonamides is 1. The van der Waals surface area contributed by atoms with Gasteiger partial charge in [0.15, 0.2) is 10.4 Å². The van der Waals surface area contributed by atoms with Crippen LogP contribution in [0.2, 0.25) is 0 Å². The number of alkyl halides is 8. The summed E-state index contributed by atoms with van der Waals surface area (Å²) in [6, 6.07) is 3.50. The Morgan fingerprint density at radius 1 is 1.09 bits per heavy atom. The lowest BCUT2D eigenvalue weighted by Crippen LogP contribution is -2.61. The van der Waals surface area contributed by atoms with Crippen LogP contribution >= 0.6 is 0 Å². The van der Waals surface area contributed by atoms with Crippen LogP contribution in [-0.2, 0) is 26.1 Å². The second kappa shape index (κ2) is 14.1. The Bertz CT molecular complexity index is 1540. The van der Waals surface area contributed by atoms with Gasteiger partial charge in [0.25, 0.3) is 15.9 Å². The molecule has 0 spiro atoms.